The molecular formula is C11H8BrNO3S. The van der Waals surface area contributed by atoms with E-state index in [-0.39, 0.29) is 5.56 Å². The number of hydrogen-bond acceptors (Lipinski definition) is 3. The van der Waals surface area contributed by atoms with E-state index >= 15 is 0 Å². The Labute approximate surface area is 109 Å². The molecule has 88 valence electrons. The van der Waals surface area contributed by atoms with E-state index in [0.29, 0.717) is 5.56 Å². The summed E-state index contributed by atoms with van der Waals surface area (Å²) in [5.74, 6) is -1.10. The van der Waals surface area contributed by atoms with Gasteiger partial charge in [-0.05, 0) is 28.9 Å². The number of pyridine rings is 1. The molecule has 0 radical (unpaired) electrons. The average molecular weight is 314 g/mol. The van der Waals surface area contributed by atoms with Crippen LogP contribution in [0.25, 0.3) is 10.4 Å². The topological polar surface area (TPSA) is 70.2 Å². The molecule has 0 saturated heterocycles. The highest BCUT2D eigenvalue weighted by atomic mass is 79.9. The predicted octanol–water partition coefficient (Wildman–Crippen LogP) is 2.87. The molecule has 2 heterocycles. The quantitative estimate of drug-likeness (QED) is 0.895. The molecule has 0 aliphatic heterocycles. The summed E-state index contributed by atoms with van der Waals surface area (Å²) in [6.45, 7) is 1.93. The molecule has 0 amide bonds. The van der Waals surface area contributed by atoms with Gasteiger partial charge >= 0.3 is 5.97 Å². The molecule has 0 fully saturated rings. The summed E-state index contributed by atoms with van der Waals surface area (Å²) in [4.78, 5) is 26.6. The molecule has 2 N–H and O–H groups in total. The lowest BCUT2D eigenvalue weighted by Gasteiger charge is -2.01. The number of nitrogens with one attached hydrogen (secondary N) is 1. The van der Waals surface area contributed by atoms with Gasteiger partial charge in [-0.2, -0.15) is 0 Å². The second kappa shape index (κ2) is 4.46. The Morgan fingerprint density at radius 1 is 1.47 bits per heavy atom. The van der Waals surface area contributed by atoms with E-state index in [1.165, 1.54) is 17.5 Å². The number of carbonyl (C=O) groups is 1. The monoisotopic (exact) mass is 313 g/mol. The predicted molar refractivity (Wildman–Crippen MR) is 69.8 cm³/mol. The number of aromatic carboxylic acids is 1. The zero-order valence-corrected chi connectivity index (χ0v) is 11.2. The maximum atomic E-state index is 11.1. The molecule has 6 heteroatoms. The lowest BCUT2D eigenvalue weighted by atomic mass is 10.1. The number of carboxylic acids is 1. The van der Waals surface area contributed by atoms with Crippen LogP contribution in [-0.2, 0) is 0 Å². The molecular weight excluding hydrogens is 306 g/mol. The first kappa shape index (κ1) is 12.1. The van der Waals surface area contributed by atoms with Crippen molar-refractivity contribution in [1.29, 1.82) is 0 Å². The molecule has 17 heavy (non-hydrogen) atoms. The molecule has 0 bridgehead atoms. The van der Waals surface area contributed by atoms with Crippen molar-refractivity contribution in [1.82, 2.24) is 4.98 Å². The zero-order chi connectivity index (χ0) is 12.6. The number of hydrogen-bond donors (Lipinski definition) is 2. The van der Waals surface area contributed by atoms with Crippen molar-refractivity contribution in [3.05, 3.63) is 43.6 Å². The first-order valence-electron chi connectivity index (χ1n) is 4.71. The minimum Gasteiger partial charge on any atom is -0.478 e. The number of aryl methyl sites for hydroxylation is 1. The van der Waals surface area contributed by atoms with Gasteiger partial charge in [-0.3, -0.25) is 4.79 Å². The summed E-state index contributed by atoms with van der Waals surface area (Å²) in [5.41, 5.74) is 0.122. The maximum Gasteiger partial charge on any atom is 0.336 e. The van der Waals surface area contributed by atoms with Gasteiger partial charge in [-0.25, -0.2) is 4.79 Å². The Hall–Kier alpha value is -1.40. The standard InChI is InChI=1S/C11H8BrNO3S/c1-5-8(12)3-9(17-5)7-4-13-10(14)2-6(7)11(15)16/h2-4H,1H3,(H,13,14)(H,15,16). The van der Waals surface area contributed by atoms with Crippen LogP contribution in [0.15, 0.2) is 27.6 Å². The van der Waals surface area contributed by atoms with Gasteiger partial charge < -0.3 is 10.1 Å². The highest BCUT2D eigenvalue weighted by Gasteiger charge is 2.15. The fraction of sp³-hybridized carbons (Fsp3) is 0.0909. The minimum atomic E-state index is -1.10. The van der Waals surface area contributed by atoms with Crippen LogP contribution in [0.2, 0.25) is 0 Å². The van der Waals surface area contributed by atoms with Crippen molar-refractivity contribution in [2.24, 2.45) is 0 Å². The first-order chi connectivity index (χ1) is 7.99. The van der Waals surface area contributed by atoms with Gasteiger partial charge in [0, 0.05) is 32.1 Å². The summed E-state index contributed by atoms with van der Waals surface area (Å²) < 4.78 is 0.931. The smallest absolute Gasteiger partial charge is 0.336 e. The van der Waals surface area contributed by atoms with E-state index in [0.717, 1.165) is 20.3 Å². The van der Waals surface area contributed by atoms with Crippen LogP contribution in [0.4, 0.5) is 0 Å². The van der Waals surface area contributed by atoms with Gasteiger partial charge in [0.05, 0.1) is 5.56 Å². The highest BCUT2D eigenvalue weighted by molar-refractivity contribution is 9.10. The Bertz CT molecular complexity index is 625. The fourth-order valence-electron chi connectivity index (χ4n) is 1.44. The van der Waals surface area contributed by atoms with Crippen LogP contribution in [-0.4, -0.2) is 16.1 Å². The summed E-state index contributed by atoms with van der Waals surface area (Å²) in [7, 11) is 0. The van der Waals surface area contributed by atoms with Gasteiger partial charge in [-0.1, -0.05) is 0 Å². The van der Waals surface area contributed by atoms with Crippen LogP contribution in [0.5, 0.6) is 0 Å². The normalized spacial score (nSPS) is 10.5. The number of rotatable bonds is 2. The molecule has 2 aromatic rings. The summed E-state index contributed by atoms with van der Waals surface area (Å²) >= 11 is 4.85. The van der Waals surface area contributed by atoms with E-state index < -0.39 is 11.5 Å². The number of halogens is 1. The molecule has 0 spiro atoms. The molecule has 0 aromatic carbocycles. The Morgan fingerprint density at radius 2 is 2.18 bits per heavy atom. The first-order valence-corrected chi connectivity index (χ1v) is 6.32. The number of aromatic nitrogens is 1. The zero-order valence-electron chi connectivity index (χ0n) is 8.78. The van der Waals surface area contributed by atoms with Crippen LogP contribution < -0.4 is 5.56 Å². The van der Waals surface area contributed by atoms with E-state index in [2.05, 4.69) is 20.9 Å². The molecule has 0 unspecified atom stereocenters. The third-order valence-electron chi connectivity index (χ3n) is 2.28. The van der Waals surface area contributed by atoms with E-state index in [4.69, 9.17) is 5.11 Å². The molecule has 2 rings (SSSR count). The number of thiophene rings is 1. The summed E-state index contributed by atoms with van der Waals surface area (Å²) in [6.07, 6.45) is 1.43. The third-order valence-corrected chi connectivity index (χ3v) is 4.45. The highest BCUT2D eigenvalue weighted by Crippen LogP contribution is 2.34. The average Bonchev–Trinajstić information content (AvgIpc) is 2.59. The van der Waals surface area contributed by atoms with Gasteiger partial charge in [0.2, 0.25) is 5.56 Å². The second-order valence-electron chi connectivity index (χ2n) is 3.44. The van der Waals surface area contributed by atoms with Crippen molar-refractivity contribution >= 4 is 33.2 Å². The van der Waals surface area contributed by atoms with Crippen molar-refractivity contribution in [3.63, 3.8) is 0 Å². The van der Waals surface area contributed by atoms with Crippen LogP contribution in [0.3, 0.4) is 0 Å². The molecule has 0 aliphatic carbocycles. The van der Waals surface area contributed by atoms with Crippen molar-refractivity contribution in [2.75, 3.05) is 0 Å². The third kappa shape index (κ3) is 2.32. The second-order valence-corrected chi connectivity index (χ2v) is 5.56. The number of aromatic amines is 1. The summed E-state index contributed by atoms with van der Waals surface area (Å²) in [6, 6.07) is 2.95. The Morgan fingerprint density at radius 3 is 2.71 bits per heavy atom. The SMILES string of the molecule is Cc1sc(-c2c[nH]c(=O)cc2C(=O)O)cc1Br. The Kier molecular flexibility index (Phi) is 3.17. The maximum absolute atomic E-state index is 11.1. The van der Waals surface area contributed by atoms with E-state index in [9.17, 15) is 9.59 Å². The Balaban J connectivity index is 2.66. The molecule has 0 aliphatic rings. The minimum absolute atomic E-state index is 0.0162. The van der Waals surface area contributed by atoms with Gasteiger partial charge in [0.1, 0.15) is 0 Å². The van der Waals surface area contributed by atoms with Gasteiger partial charge in [0.25, 0.3) is 0 Å². The largest absolute Gasteiger partial charge is 0.478 e. The van der Waals surface area contributed by atoms with Gasteiger partial charge in [-0.15, -0.1) is 11.3 Å². The summed E-state index contributed by atoms with van der Waals surface area (Å²) in [5, 5.41) is 9.07. The lowest BCUT2D eigenvalue weighted by Crippen LogP contribution is -2.10. The van der Waals surface area contributed by atoms with Crippen LogP contribution in [0.1, 0.15) is 15.2 Å². The van der Waals surface area contributed by atoms with Crippen molar-refractivity contribution < 1.29 is 9.90 Å². The van der Waals surface area contributed by atoms with Gasteiger partial charge in [0.15, 0.2) is 0 Å². The van der Waals surface area contributed by atoms with Crippen molar-refractivity contribution in [2.45, 2.75) is 6.92 Å². The molecule has 0 saturated carbocycles. The van der Waals surface area contributed by atoms with Crippen LogP contribution >= 0.6 is 27.3 Å². The number of carboxylic acid groups (broad SMARTS) is 1. The molecule has 4 nitrogen and oxygen atoms in total. The van der Waals surface area contributed by atoms with E-state index in [1.54, 1.807) is 0 Å². The van der Waals surface area contributed by atoms with E-state index in [1.807, 2.05) is 13.0 Å². The molecule has 0 atom stereocenters. The number of H-pyrrole nitrogens is 1. The van der Waals surface area contributed by atoms with Crippen LogP contribution in [0, 0.1) is 6.92 Å². The fourth-order valence-corrected chi connectivity index (χ4v) is 3.01. The van der Waals surface area contributed by atoms with Crippen molar-refractivity contribution in [3.8, 4) is 10.4 Å². The molecule has 2 aromatic heterocycles. The lowest BCUT2D eigenvalue weighted by molar-refractivity contribution is 0.0697.